The molecule has 0 unspecified atom stereocenters. The molecular formula is C12H7BrN4OS2. The summed E-state index contributed by atoms with van der Waals surface area (Å²) in [5.41, 5.74) is 1.02. The molecular weight excluding hydrogens is 360 g/mol. The number of aromatic nitrogens is 3. The molecule has 4 rings (SSSR count). The Labute approximate surface area is 130 Å². The molecule has 0 fully saturated rings. The summed E-state index contributed by atoms with van der Waals surface area (Å²) in [5.74, 6) is 2.09. The molecule has 4 heterocycles. The molecule has 0 bridgehead atoms. The quantitative estimate of drug-likeness (QED) is 0.693. The zero-order valence-corrected chi connectivity index (χ0v) is 13.2. The number of thioether (sulfide) groups is 1. The summed E-state index contributed by atoms with van der Waals surface area (Å²) in [4.78, 5) is 1.15. The number of hydrogen-bond acceptors (Lipinski definition) is 6. The van der Waals surface area contributed by atoms with Crippen molar-refractivity contribution >= 4 is 44.7 Å². The first kappa shape index (κ1) is 12.4. The minimum absolute atomic E-state index is 0.630. The van der Waals surface area contributed by atoms with Crippen molar-refractivity contribution in [2.75, 3.05) is 5.75 Å². The molecule has 0 aliphatic carbocycles. The molecule has 0 spiro atoms. The molecule has 20 heavy (non-hydrogen) atoms. The van der Waals surface area contributed by atoms with E-state index < -0.39 is 0 Å². The van der Waals surface area contributed by atoms with Crippen molar-refractivity contribution in [2.24, 2.45) is 5.10 Å². The van der Waals surface area contributed by atoms with Gasteiger partial charge in [0.15, 0.2) is 5.76 Å². The van der Waals surface area contributed by atoms with E-state index in [-0.39, 0.29) is 0 Å². The monoisotopic (exact) mass is 366 g/mol. The van der Waals surface area contributed by atoms with Crippen LogP contribution in [0.25, 0.3) is 11.6 Å². The van der Waals surface area contributed by atoms with E-state index in [1.807, 2.05) is 18.2 Å². The fourth-order valence-corrected chi connectivity index (χ4v) is 4.16. The molecule has 100 valence electrons. The Morgan fingerprint density at radius 1 is 1.25 bits per heavy atom. The van der Waals surface area contributed by atoms with Gasteiger partial charge in [-0.3, -0.25) is 0 Å². The van der Waals surface area contributed by atoms with Gasteiger partial charge in [0.25, 0.3) is 0 Å². The first-order chi connectivity index (χ1) is 9.81. The lowest BCUT2D eigenvalue weighted by molar-refractivity contribution is 0.571. The van der Waals surface area contributed by atoms with Gasteiger partial charge in [0, 0.05) is 5.75 Å². The highest BCUT2D eigenvalue weighted by Crippen LogP contribution is 2.31. The Hall–Kier alpha value is -1.38. The molecule has 5 nitrogen and oxygen atoms in total. The fourth-order valence-electron chi connectivity index (χ4n) is 1.88. The van der Waals surface area contributed by atoms with Crippen LogP contribution in [-0.2, 0) is 0 Å². The van der Waals surface area contributed by atoms with Crippen molar-refractivity contribution in [1.82, 2.24) is 14.9 Å². The van der Waals surface area contributed by atoms with Crippen molar-refractivity contribution in [3.05, 3.63) is 39.2 Å². The van der Waals surface area contributed by atoms with Crippen LogP contribution in [0.4, 0.5) is 0 Å². The lowest BCUT2D eigenvalue weighted by Gasteiger charge is -2.11. The molecule has 0 atom stereocenters. The number of furan rings is 1. The summed E-state index contributed by atoms with van der Waals surface area (Å²) in [5, 5.41) is 13.8. The Kier molecular flexibility index (Phi) is 3.01. The average molecular weight is 367 g/mol. The Morgan fingerprint density at radius 3 is 2.95 bits per heavy atom. The van der Waals surface area contributed by atoms with Crippen molar-refractivity contribution in [3.8, 4) is 11.6 Å². The van der Waals surface area contributed by atoms with E-state index >= 15 is 0 Å². The van der Waals surface area contributed by atoms with Crippen LogP contribution in [-0.4, -0.2) is 26.3 Å². The number of rotatable bonds is 2. The highest BCUT2D eigenvalue weighted by atomic mass is 79.9. The summed E-state index contributed by atoms with van der Waals surface area (Å²) in [6, 6.07) is 7.78. The summed E-state index contributed by atoms with van der Waals surface area (Å²) in [6.45, 7) is 0. The Morgan fingerprint density at radius 2 is 2.20 bits per heavy atom. The predicted molar refractivity (Wildman–Crippen MR) is 82.4 cm³/mol. The van der Waals surface area contributed by atoms with Crippen molar-refractivity contribution in [1.29, 1.82) is 0 Å². The molecule has 0 aromatic carbocycles. The van der Waals surface area contributed by atoms with Gasteiger partial charge in [0.2, 0.25) is 11.0 Å². The van der Waals surface area contributed by atoms with E-state index in [1.165, 1.54) is 0 Å². The SMILES string of the molecule is Brc1ccc(C2=Nn3c(nnc3-c3ccco3)SC2)s1. The third kappa shape index (κ3) is 2.04. The summed E-state index contributed by atoms with van der Waals surface area (Å²) in [7, 11) is 0. The summed E-state index contributed by atoms with van der Waals surface area (Å²) < 4.78 is 8.23. The number of hydrogen-bond donors (Lipinski definition) is 0. The normalized spacial score (nSPS) is 14.2. The van der Waals surface area contributed by atoms with Crippen LogP contribution in [0, 0.1) is 0 Å². The third-order valence-corrected chi connectivity index (χ3v) is 5.37. The molecule has 1 aliphatic rings. The summed E-state index contributed by atoms with van der Waals surface area (Å²) in [6.07, 6.45) is 1.62. The van der Waals surface area contributed by atoms with E-state index in [2.05, 4.69) is 37.3 Å². The molecule has 3 aromatic heterocycles. The molecule has 0 radical (unpaired) electrons. The van der Waals surface area contributed by atoms with Gasteiger partial charge in [-0.15, -0.1) is 21.5 Å². The van der Waals surface area contributed by atoms with Gasteiger partial charge < -0.3 is 4.42 Å². The van der Waals surface area contributed by atoms with Gasteiger partial charge in [-0.1, -0.05) is 11.8 Å². The molecule has 8 heteroatoms. The number of thiophene rings is 1. The third-order valence-electron chi connectivity index (χ3n) is 2.77. The lowest BCUT2D eigenvalue weighted by atomic mass is 10.3. The Balaban J connectivity index is 1.81. The van der Waals surface area contributed by atoms with Crippen LogP contribution < -0.4 is 0 Å². The number of fused-ring (bicyclic) bond motifs is 1. The second kappa shape index (κ2) is 4.87. The van der Waals surface area contributed by atoms with Crippen LogP contribution in [0.5, 0.6) is 0 Å². The maximum Gasteiger partial charge on any atom is 0.221 e. The second-order valence-corrected chi connectivity index (χ2v) is 7.44. The van der Waals surface area contributed by atoms with Crippen LogP contribution in [0.15, 0.2) is 49.0 Å². The second-order valence-electron chi connectivity index (χ2n) is 4.03. The highest BCUT2D eigenvalue weighted by Gasteiger charge is 2.22. The van der Waals surface area contributed by atoms with Gasteiger partial charge in [-0.25, -0.2) is 0 Å². The van der Waals surface area contributed by atoms with E-state index in [0.717, 1.165) is 25.3 Å². The predicted octanol–water partition coefficient (Wildman–Crippen LogP) is 3.72. The van der Waals surface area contributed by atoms with E-state index in [4.69, 9.17) is 4.42 Å². The van der Waals surface area contributed by atoms with Crippen LogP contribution in [0.2, 0.25) is 0 Å². The van der Waals surface area contributed by atoms with Gasteiger partial charge >= 0.3 is 0 Å². The lowest BCUT2D eigenvalue weighted by Crippen LogP contribution is -2.12. The minimum atomic E-state index is 0.630. The maximum absolute atomic E-state index is 5.38. The standard InChI is InChI=1S/C12H7BrN4OS2/c13-10-4-3-9(20-10)7-6-19-12-15-14-11(17(12)16-7)8-2-1-5-18-8/h1-5H,6H2. The van der Waals surface area contributed by atoms with Gasteiger partial charge in [-0.2, -0.15) is 9.78 Å². The average Bonchev–Trinajstić information content (AvgIpc) is 3.17. The number of nitrogens with zero attached hydrogens (tertiary/aromatic N) is 4. The van der Waals surface area contributed by atoms with Crippen molar-refractivity contribution in [2.45, 2.75) is 5.16 Å². The van der Waals surface area contributed by atoms with Crippen LogP contribution >= 0.6 is 39.0 Å². The first-order valence-corrected chi connectivity index (χ1v) is 8.36. The molecule has 0 saturated heterocycles. The Bertz CT molecular complexity index is 790. The maximum atomic E-state index is 5.38. The van der Waals surface area contributed by atoms with E-state index in [0.29, 0.717) is 11.6 Å². The molecule has 1 aliphatic heterocycles. The van der Waals surface area contributed by atoms with E-state index in [9.17, 15) is 0 Å². The molecule has 3 aromatic rings. The van der Waals surface area contributed by atoms with Gasteiger partial charge in [0.1, 0.15) is 0 Å². The van der Waals surface area contributed by atoms with Crippen LogP contribution in [0.1, 0.15) is 4.88 Å². The van der Waals surface area contributed by atoms with Gasteiger partial charge in [-0.05, 0) is 40.2 Å². The van der Waals surface area contributed by atoms with Crippen molar-refractivity contribution in [3.63, 3.8) is 0 Å². The molecule has 0 N–H and O–H groups in total. The number of halogens is 1. The molecule has 0 saturated carbocycles. The highest BCUT2D eigenvalue weighted by molar-refractivity contribution is 9.11. The minimum Gasteiger partial charge on any atom is -0.461 e. The first-order valence-electron chi connectivity index (χ1n) is 5.77. The topological polar surface area (TPSA) is 56.2 Å². The van der Waals surface area contributed by atoms with E-state index in [1.54, 1.807) is 34.0 Å². The zero-order chi connectivity index (χ0) is 13.5. The van der Waals surface area contributed by atoms with Crippen LogP contribution in [0.3, 0.4) is 0 Å². The zero-order valence-electron chi connectivity index (χ0n) is 9.99. The largest absolute Gasteiger partial charge is 0.461 e. The fraction of sp³-hybridized carbons (Fsp3) is 0.0833. The summed E-state index contributed by atoms with van der Waals surface area (Å²) >= 11 is 6.78. The smallest absolute Gasteiger partial charge is 0.221 e. The van der Waals surface area contributed by atoms with Crippen molar-refractivity contribution < 1.29 is 4.42 Å². The molecule has 0 amide bonds. The van der Waals surface area contributed by atoms with Gasteiger partial charge in [0.05, 0.1) is 20.6 Å².